The van der Waals surface area contributed by atoms with Crippen molar-refractivity contribution in [3.05, 3.63) is 34.9 Å². The van der Waals surface area contributed by atoms with Crippen molar-refractivity contribution in [2.75, 3.05) is 7.05 Å². The second kappa shape index (κ2) is 5.31. The number of nitrogens with one attached hydrogen (secondary N) is 1. The number of halogens is 1. The molecule has 5 nitrogen and oxygen atoms in total. The van der Waals surface area contributed by atoms with Crippen LogP contribution in [0.25, 0.3) is 0 Å². The summed E-state index contributed by atoms with van der Waals surface area (Å²) in [5.41, 5.74) is 0.00193. The fourth-order valence-corrected chi connectivity index (χ4v) is 2.59. The van der Waals surface area contributed by atoms with Gasteiger partial charge in [0.15, 0.2) is 11.6 Å². The largest absolute Gasteiger partial charge is 0.353 e. The van der Waals surface area contributed by atoms with Crippen LogP contribution in [0.1, 0.15) is 31.7 Å². The number of carbonyl (C=O) groups excluding carboxylic acids is 1. The van der Waals surface area contributed by atoms with Crippen molar-refractivity contribution in [2.45, 2.75) is 38.0 Å². The van der Waals surface area contributed by atoms with E-state index in [0.717, 1.165) is 18.4 Å². The van der Waals surface area contributed by atoms with Crippen molar-refractivity contribution >= 4 is 23.3 Å². The van der Waals surface area contributed by atoms with Crippen LogP contribution in [0.4, 0.5) is 0 Å². The first kappa shape index (κ1) is 14.4. The fourth-order valence-electron chi connectivity index (χ4n) is 2.40. The molecule has 21 heavy (non-hydrogen) atoms. The molecule has 1 aliphatic carbocycles. The van der Waals surface area contributed by atoms with Crippen molar-refractivity contribution < 1.29 is 9.63 Å². The Morgan fingerprint density at radius 3 is 3.00 bits per heavy atom. The molecule has 1 heterocycles. The number of benzene rings is 1. The van der Waals surface area contributed by atoms with Crippen molar-refractivity contribution in [2.24, 2.45) is 4.99 Å². The van der Waals surface area contributed by atoms with E-state index in [0.29, 0.717) is 16.9 Å². The topological polar surface area (TPSA) is 53.9 Å². The fraction of sp³-hybridized carbons (Fsp3) is 0.467. The van der Waals surface area contributed by atoms with Crippen LogP contribution in [0.2, 0.25) is 5.02 Å². The van der Waals surface area contributed by atoms with Gasteiger partial charge in [-0.3, -0.25) is 4.79 Å². The Morgan fingerprint density at radius 1 is 1.57 bits per heavy atom. The smallest absolute Gasteiger partial charge is 0.225 e. The van der Waals surface area contributed by atoms with Gasteiger partial charge in [-0.05, 0) is 31.9 Å². The van der Waals surface area contributed by atoms with E-state index >= 15 is 0 Å². The molecule has 1 amide bonds. The number of amidine groups is 1. The maximum absolute atomic E-state index is 12.0. The molecule has 1 aromatic carbocycles. The second-order valence-electron chi connectivity index (χ2n) is 5.73. The van der Waals surface area contributed by atoms with Gasteiger partial charge in [-0.15, -0.1) is 0 Å². The van der Waals surface area contributed by atoms with Crippen LogP contribution in [-0.2, 0) is 9.63 Å². The lowest BCUT2D eigenvalue weighted by molar-refractivity contribution is -0.166. The molecule has 0 spiro atoms. The van der Waals surface area contributed by atoms with Crippen LogP contribution in [0.15, 0.2) is 29.3 Å². The van der Waals surface area contributed by atoms with Gasteiger partial charge in [0.05, 0.1) is 6.42 Å². The van der Waals surface area contributed by atoms with Gasteiger partial charge in [-0.2, -0.15) is 0 Å². The number of rotatable bonds is 4. The summed E-state index contributed by atoms with van der Waals surface area (Å²) in [6.07, 6.45) is 2.35. The molecule has 1 aromatic rings. The SMILES string of the molecule is CN1OC(C)(CC(=O)NC2CC2)N=C1c1cccc(Cl)c1. The minimum absolute atomic E-state index is 0.0236. The van der Waals surface area contributed by atoms with Gasteiger partial charge in [-0.1, -0.05) is 23.7 Å². The van der Waals surface area contributed by atoms with E-state index in [9.17, 15) is 4.79 Å². The van der Waals surface area contributed by atoms with Gasteiger partial charge >= 0.3 is 0 Å². The van der Waals surface area contributed by atoms with Crippen LogP contribution in [0.3, 0.4) is 0 Å². The monoisotopic (exact) mass is 307 g/mol. The Hall–Kier alpha value is -1.59. The highest BCUT2D eigenvalue weighted by molar-refractivity contribution is 6.31. The maximum atomic E-state index is 12.0. The van der Waals surface area contributed by atoms with Crippen molar-refractivity contribution in [3.8, 4) is 0 Å². The molecular weight excluding hydrogens is 290 g/mol. The third kappa shape index (κ3) is 3.36. The number of hydrogen-bond donors (Lipinski definition) is 1. The predicted octanol–water partition coefficient (Wildman–Crippen LogP) is 2.35. The molecule has 6 heteroatoms. The number of amides is 1. The molecule has 1 atom stereocenters. The van der Waals surface area contributed by atoms with Gasteiger partial charge in [-0.25, -0.2) is 14.9 Å². The van der Waals surface area contributed by atoms with Gasteiger partial charge in [0.2, 0.25) is 5.91 Å². The zero-order chi connectivity index (χ0) is 15.0. The minimum atomic E-state index is -0.870. The van der Waals surface area contributed by atoms with Crippen LogP contribution < -0.4 is 5.32 Å². The average molecular weight is 308 g/mol. The molecule has 1 fully saturated rings. The summed E-state index contributed by atoms with van der Waals surface area (Å²) in [5, 5.41) is 5.19. The van der Waals surface area contributed by atoms with E-state index < -0.39 is 5.72 Å². The summed E-state index contributed by atoms with van der Waals surface area (Å²) < 4.78 is 0. The highest BCUT2D eigenvalue weighted by Crippen LogP contribution is 2.29. The standard InChI is InChI=1S/C15H18ClN3O2/c1-15(9-13(20)17-12-6-7-12)18-14(19(2)21-15)10-4-3-5-11(16)8-10/h3-5,8,12H,6-7,9H2,1-2H3,(H,17,20). The van der Waals surface area contributed by atoms with Gasteiger partial charge in [0.25, 0.3) is 0 Å². The highest BCUT2D eigenvalue weighted by atomic mass is 35.5. The Labute approximate surface area is 128 Å². The van der Waals surface area contributed by atoms with Gasteiger partial charge in [0.1, 0.15) is 0 Å². The molecule has 0 aromatic heterocycles. The number of aliphatic imine (C=N–C) groups is 1. The van der Waals surface area contributed by atoms with Crippen molar-refractivity contribution in [3.63, 3.8) is 0 Å². The Balaban J connectivity index is 1.76. The van der Waals surface area contributed by atoms with Gasteiger partial charge in [0, 0.05) is 23.7 Å². The number of hydrogen-bond acceptors (Lipinski definition) is 4. The van der Waals surface area contributed by atoms with Crippen LogP contribution in [0, 0.1) is 0 Å². The summed E-state index contributed by atoms with van der Waals surface area (Å²) in [4.78, 5) is 22.3. The molecule has 112 valence electrons. The zero-order valence-corrected chi connectivity index (χ0v) is 12.9. The first-order valence-corrected chi connectivity index (χ1v) is 7.41. The number of nitrogens with zero attached hydrogens (tertiary/aromatic N) is 2. The maximum Gasteiger partial charge on any atom is 0.225 e. The number of hydroxylamine groups is 2. The average Bonchev–Trinajstić information content (AvgIpc) is 3.13. The third-order valence-corrected chi connectivity index (χ3v) is 3.72. The van der Waals surface area contributed by atoms with Gasteiger partial charge < -0.3 is 5.32 Å². The predicted molar refractivity (Wildman–Crippen MR) is 81.0 cm³/mol. The van der Waals surface area contributed by atoms with E-state index in [4.69, 9.17) is 16.4 Å². The quantitative estimate of drug-likeness (QED) is 0.929. The summed E-state index contributed by atoms with van der Waals surface area (Å²) in [7, 11) is 1.78. The molecule has 1 unspecified atom stereocenters. The lowest BCUT2D eigenvalue weighted by atomic mass is 10.1. The lowest BCUT2D eigenvalue weighted by Crippen LogP contribution is -2.36. The van der Waals surface area contributed by atoms with E-state index in [1.807, 2.05) is 31.2 Å². The first-order valence-electron chi connectivity index (χ1n) is 7.03. The normalized spacial score (nSPS) is 24.9. The molecule has 3 rings (SSSR count). The van der Waals surface area contributed by atoms with E-state index in [1.165, 1.54) is 0 Å². The van der Waals surface area contributed by atoms with Crippen molar-refractivity contribution in [1.82, 2.24) is 10.4 Å². The lowest BCUT2D eigenvalue weighted by Gasteiger charge is -2.21. The highest BCUT2D eigenvalue weighted by Gasteiger charge is 2.38. The molecule has 0 radical (unpaired) electrons. The molecule has 1 saturated carbocycles. The van der Waals surface area contributed by atoms with Crippen molar-refractivity contribution in [1.29, 1.82) is 0 Å². The molecule has 0 saturated heterocycles. The third-order valence-electron chi connectivity index (χ3n) is 3.49. The summed E-state index contributed by atoms with van der Waals surface area (Å²) in [6, 6.07) is 7.76. The van der Waals surface area contributed by atoms with E-state index in [2.05, 4.69) is 10.3 Å². The van der Waals surface area contributed by atoms with E-state index in [1.54, 1.807) is 12.1 Å². The summed E-state index contributed by atoms with van der Waals surface area (Å²) in [6.45, 7) is 1.81. The summed E-state index contributed by atoms with van der Waals surface area (Å²) >= 11 is 6.01. The minimum Gasteiger partial charge on any atom is -0.353 e. The van der Waals surface area contributed by atoms with E-state index in [-0.39, 0.29) is 12.3 Å². The zero-order valence-electron chi connectivity index (χ0n) is 12.1. The molecule has 0 bridgehead atoms. The second-order valence-corrected chi connectivity index (χ2v) is 6.16. The molecule has 2 aliphatic rings. The molecule has 1 N–H and O–H groups in total. The molecule has 1 aliphatic heterocycles. The van der Waals surface area contributed by atoms with Crippen LogP contribution in [0.5, 0.6) is 0 Å². The van der Waals surface area contributed by atoms with Crippen LogP contribution in [-0.4, -0.2) is 35.6 Å². The Morgan fingerprint density at radius 2 is 2.33 bits per heavy atom. The first-order chi connectivity index (χ1) is 9.95. The Kier molecular flexibility index (Phi) is 3.63. The Bertz CT molecular complexity index is 600. The number of carbonyl (C=O) groups is 1. The molecular formula is C15H18ClN3O2. The van der Waals surface area contributed by atoms with Crippen LogP contribution >= 0.6 is 11.6 Å². The summed E-state index contributed by atoms with van der Waals surface area (Å²) in [5.74, 6) is 0.656.